The quantitative estimate of drug-likeness (QED) is 0.649. The van der Waals surface area contributed by atoms with Crippen molar-refractivity contribution in [2.45, 2.75) is 26.3 Å². The molecule has 82 valence electrons. The van der Waals surface area contributed by atoms with Crippen molar-refractivity contribution in [1.29, 1.82) is 2.86 Å². The molecule has 0 saturated heterocycles. The second-order valence-electron chi connectivity index (χ2n) is 4.44. The summed E-state index contributed by atoms with van der Waals surface area (Å²) in [7, 11) is 3.70. The van der Waals surface area contributed by atoms with Gasteiger partial charge in [-0.2, -0.15) is 0 Å². The first-order valence-electron chi connectivity index (χ1n) is 5.30. The van der Waals surface area contributed by atoms with E-state index in [1.54, 1.807) is 0 Å². The molecule has 0 fully saturated rings. The zero-order valence-corrected chi connectivity index (χ0v) is 9.68. The summed E-state index contributed by atoms with van der Waals surface area (Å²) in [6.45, 7) is 13.1. The highest BCUT2D eigenvalue weighted by Gasteiger charge is 2.47. The van der Waals surface area contributed by atoms with E-state index in [9.17, 15) is 0 Å². The summed E-state index contributed by atoms with van der Waals surface area (Å²) < 4.78 is 13.9. The van der Waals surface area contributed by atoms with Crippen LogP contribution >= 0.6 is 0 Å². The van der Waals surface area contributed by atoms with Crippen LogP contribution in [-0.4, -0.2) is 34.8 Å². The Balaban J connectivity index is 5.52. The van der Waals surface area contributed by atoms with Crippen molar-refractivity contribution in [1.82, 2.24) is 4.90 Å². The van der Waals surface area contributed by atoms with Gasteiger partial charge in [0.05, 0.1) is 11.3 Å². The summed E-state index contributed by atoms with van der Waals surface area (Å²) in [6, 6.07) is 0. The first-order chi connectivity index (χ1) is 7.16. The third-order valence-electron chi connectivity index (χ3n) is 3.35. The Morgan fingerprint density at radius 3 is 1.86 bits per heavy atom. The molecule has 3 nitrogen and oxygen atoms in total. The summed E-state index contributed by atoms with van der Waals surface area (Å²) in [5.74, 6) is 0.572. The third-order valence-corrected chi connectivity index (χ3v) is 3.35. The maximum atomic E-state index is 6.99. The molecule has 1 atom stereocenters. The molecule has 0 bridgehead atoms. The summed E-state index contributed by atoms with van der Waals surface area (Å²) in [5, 5.41) is 8.99. The molecule has 0 aromatic heterocycles. The Morgan fingerprint density at radius 2 is 1.57 bits per heavy atom. The smallest absolute Gasteiger partial charge is 0.293 e. The molecule has 0 rings (SSSR count). The van der Waals surface area contributed by atoms with Gasteiger partial charge in [0.25, 0.3) is 2.86 Å². The van der Waals surface area contributed by atoms with Crippen LogP contribution in [0.4, 0.5) is 0 Å². The van der Waals surface area contributed by atoms with Gasteiger partial charge in [-0.05, 0) is 21.0 Å². The van der Waals surface area contributed by atoms with Gasteiger partial charge in [0.2, 0.25) is 0 Å². The monoisotopic (exact) mass is 201 g/mol. The van der Waals surface area contributed by atoms with Gasteiger partial charge < -0.3 is 10.2 Å². The van der Waals surface area contributed by atoms with Crippen molar-refractivity contribution in [3.05, 3.63) is 24.7 Å². The van der Waals surface area contributed by atoms with Crippen LogP contribution < -0.4 is 0 Å². The van der Waals surface area contributed by atoms with E-state index < -0.39 is 11.0 Å². The van der Waals surface area contributed by atoms with E-state index in [0.717, 1.165) is 0 Å². The molecule has 0 aliphatic heterocycles. The molecular weight excluding hydrogens is 178 g/mol. The lowest BCUT2D eigenvalue weighted by Crippen LogP contribution is -2.54. The van der Waals surface area contributed by atoms with E-state index in [1.807, 2.05) is 39.8 Å². The van der Waals surface area contributed by atoms with Crippen molar-refractivity contribution in [2.75, 3.05) is 14.1 Å². The lowest BCUT2D eigenvalue weighted by Gasteiger charge is -2.47. The lowest BCUT2D eigenvalue weighted by atomic mass is 9.70. The van der Waals surface area contributed by atoms with Gasteiger partial charge in [-0.15, -0.1) is 0 Å². The van der Waals surface area contributed by atoms with Crippen molar-refractivity contribution in [3.8, 4) is 0 Å². The highest BCUT2D eigenvalue weighted by molar-refractivity contribution is 5.21. The van der Waals surface area contributed by atoms with E-state index in [2.05, 4.69) is 23.4 Å². The minimum absolute atomic E-state index is 0.278. The van der Waals surface area contributed by atoms with Crippen molar-refractivity contribution in [2.24, 2.45) is 5.41 Å². The lowest BCUT2D eigenvalue weighted by molar-refractivity contribution is 0.0283. The highest BCUT2D eigenvalue weighted by Crippen LogP contribution is 2.42. The molecule has 3 heteroatoms. The van der Waals surface area contributed by atoms with Crippen LogP contribution in [0, 0.1) is 5.41 Å². The molecule has 0 aliphatic rings. The zero-order valence-electron chi connectivity index (χ0n) is 11.7. The average molecular weight is 201 g/mol. The van der Waals surface area contributed by atoms with Crippen LogP contribution in [0.2, 0.25) is 0 Å². The molecule has 0 radical (unpaired) electrons. The predicted molar refractivity (Wildman–Crippen MR) is 59.4 cm³/mol. The van der Waals surface area contributed by atoms with Crippen LogP contribution in [0.25, 0.3) is 2.86 Å². The van der Waals surface area contributed by atoms with Crippen molar-refractivity contribution >= 4 is 0 Å². The second-order valence-corrected chi connectivity index (χ2v) is 4.44. The van der Waals surface area contributed by atoms with E-state index in [-0.39, 0.29) is 5.76 Å². The normalized spacial score (nSPS) is 17.9. The SMILES string of the molecule is [2H]OC(=C)C(C)(C)C(C)(C(=C)O[2H])N(C)C. The van der Waals surface area contributed by atoms with Gasteiger partial charge >= 0.3 is 0 Å². The molecule has 1 unspecified atom stereocenters. The molecule has 0 aliphatic carbocycles. The van der Waals surface area contributed by atoms with Crippen molar-refractivity contribution < 1.29 is 10.2 Å². The maximum absolute atomic E-state index is 6.99. The summed E-state index contributed by atoms with van der Waals surface area (Å²) in [5.41, 5.74) is -1.30. The number of hydrogen-bond donors (Lipinski definition) is 2. The van der Waals surface area contributed by atoms with E-state index in [1.165, 1.54) is 0 Å². The number of hydrogen-bond acceptors (Lipinski definition) is 3. The van der Waals surface area contributed by atoms with Crippen molar-refractivity contribution in [3.63, 3.8) is 0 Å². The standard InChI is InChI=1S/C11H21NO2/c1-8(13)10(3,4)11(5,9(2)14)12(6)7/h13-14H,1-2H2,3-7H3/i/hD2. The molecule has 0 heterocycles. The number of aliphatic hydroxyl groups excluding tert-OH is 2. The minimum atomic E-state index is -0.688. The Morgan fingerprint density at radius 1 is 1.14 bits per heavy atom. The van der Waals surface area contributed by atoms with Gasteiger partial charge in [-0.3, -0.25) is 4.90 Å². The number of nitrogens with zero attached hydrogens (tertiary/aromatic N) is 1. The van der Waals surface area contributed by atoms with Crippen LogP contribution in [0.3, 0.4) is 0 Å². The molecular formula is C11H21NO2. The molecule has 0 aromatic rings. The minimum Gasteiger partial charge on any atom is -0.512 e. The Bertz CT molecular complexity index is 290. The van der Waals surface area contributed by atoms with Gasteiger partial charge in [0.1, 0.15) is 5.76 Å². The fourth-order valence-electron chi connectivity index (χ4n) is 1.43. The zero-order chi connectivity index (χ0) is 13.1. The Kier molecular flexibility index (Phi) is 2.50. The highest BCUT2D eigenvalue weighted by atomic mass is 16.3. The summed E-state index contributed by atoms with van der Waals surface area (Å²) >= 11 is 0. The van der Waals surface area contributed by atoms with E-state index in [4.69, 9.17) is 2.86 Å². The van der Waals surface area contributed by atoms with E-state index in [0.29, 0.717) is 5.76 Å². The van der Waals surface area contributed by atoms with Crippen LogP contribution in [0.1, 0.15) is 20.8 Å². The fraction of sp³-hybridized carbons (Fsp3) is 0.636. The predicted octanol–water partition coefficient (Wildman–Crippen LogP) is 2.48. The number of rotatable bonds is 6. The van der Waals surface area contributed by atoms with Gasteiger partial charge in [0.15, 0.2) is 0 Å². The van der Waals surface area contributed by atoms with Crippen LogP contribution in [0.5, 0.6) is 0 Å². The molecule has 0 aromatic carbocycles. The number of likely N-dealkylation sites (N-methyl/N-ethyl adjacent to an activating group) is 1. The first kappa shape index (κ1) is 9.59. The molecule has 0 saturated carbocycles. The molecule has 0 spiro atoms. The largest absolute Gasteiger partial charge is 0.512 e. The Hall–Kier alpha value is -0.960. The third kappa shape index (κ3) is 1.64. The summed E-state index contributed by atoms with van der Waals surface area (Å²) in [4.78, 5) is 1.87. The summed E-state index contributed by atoms with van der Waals surface area (Å²) in [6.07, 6.45) is 0. The average Bonchev–Trinajstić information content (AvgIpc) is 2.24. The maximum Gasteiger partial charge on any atom is 0.293 e. The molecule has 2 N–H and O–H groups in total. The molecule has 14 heavy (non-hydrogen) atoms. The Labute approximate surface area is 89.3 Å². The molecule has 0 amide bonds. The topological polar surface area (TPSA) is 43.7 Å². The fourth-order valence-corrected chi connectivity index (χ4v) is 1.43. The van der Waals surface area contributed by atoms with E-state index >= 15 is 0 Å². The number of aliphatic hydroxyl groups is 2. The van der Waals surface area contributed by atoms with Crippen LogP contribution in [-0.2, 0) is 0 Å². The van der Waals surface area contributed by atoms with Crippen LogP contribution in [0.15, 0.2) is 24.7 Å². The van der Waals surface area contributed by atoms with Gasteiger partial charge in [-0.25, -0.2) is 0 Å². The first-order valence-corrected chi connectivity index (χ1v) is 4.48. The van der Waals surface area contributed by atoms with Gasteiger partial charge in [0, 0.05) is 5.41 Å². The second kappa shape index (κ2) is 3.65. The van der Waals surface area contributed by atoms with Gasteiger partial charge in [-0.1, -0.05) is 27.0 Å².